The largest absolute Gasteiger partial charge is 0.494 e. The number of allylic oxidation sites excluding steroid dienone is 1. The molecule has 2 aliphatic rings. The summed E-state index contributed by atoms with van der Waals surface area (Å²) in [4.78, 5) is 13.2. The third-order valence-electron chi connectivity index (χ3n) is 5.71. The molecule has 0 saturated carbocycles. The van der Waals surface area contributed by atoms with E-state index in [0.717, 1.165) is 47.8 Å². The van der Waals surface area contributed by atoms with Crippen molar-refractivity contribution in [2.75, 3.05) is 17.2 Å². The van der Waals surface area contributed by atoms with Gasteiger partial charge in [0.2, 0.25) is 0 Å². The Morgan fingerprint density at radius 2 is 1.79 bits per heavy atom. The molecular weight excluding hydrogens is 360 g/mol. The van der Waals surface area contributed by atoms with Crippen LogP contribution >= 0.6 is 0 Å². The van der Waals surface area contributed by atoms with Gasteiger partial charge in [-0.25, -0.2) is 0 Å². The van der Waals surface area contributed by atoms with E-state index in [4.69, 9.17) is 4.74 Å². The number of para-hydroxylation sites is 2. The predicted octanol–water partition coefficient (Wildman–Crippen LogP) is 5.94. The van der Waals surface area contributed by atoms with Crippen LogP contribution in [-0.4, -0.2) is 12.4 Å². The average molecular weight is 391 g/mol. The monoisotopic (exact) mass is 390 g/mol. The third kappa shape index (κ3) is 4.16. The Balaban J connectivity index is 1.70. The van der Waals surface area contributed by atoms with E-state index in [1.54, 1.807) is 0 Å². The summed E-state index contributed by atoms with van der Waals surface area (Å²) in [5, 5.41) is 7.19. The number of benzene rings is 2. The molecule has 29 heavy (non-hydrogen) atoms. The van der Waals surface area contributed by atoms with Crippen molar-refractivity contribution in [1.29, 1.82) is 0 Å². The molecule has 4 rings (SSSR count). The van der Waals surface area contributed by atoms with Crippen LogP contribution in [0, 0.1) is 11.3 Å². The number of rotatable bonds is 5. The fourth-order valence-corrected chi connectivity index (χ4v) is 4.28. The molecule has 4 nitrogen and oxygen atoms in total. The van der Waals surface area contributed by atoms with Crippen LogP contribution < -0.4 is 15.4 Å². The summed E-state index contributed by atoms with van der Waals surface area (Å²) in [7, 11) is 0. The molecule has 0 amide bonds. The van der Waals surface area contributed by atoms with Gasteiger partial charge in [-0.3, -0.25) is 4.79 Å². The van der Waals surface area contributed by atoms with Crippen molar-refractivity contribution in [2.24, 2.45) is 11.3 Å². The van der Waals surface area contributed by atoms with Crippen molar-refractivity contribution < 1.29 is 9.53 Å². The van der Waals surface area contributed by atoms with Crippen molar-refractivity contribution in [3.8, 4) is 5.75 Å². The van der Waals surface area contributed by atoms with E-state index in [-0.39, 0.29) is 23.2 Å². The first-order chi connectivity index (χ1) is 14.0. The number of Topliss-reactive ketones (excluding diaryl/α,β-unsaturated/α-hetero) is 1. The fraction of sp³-hybridized carbons (Fsp3) is 0.400. The van der Waals surface area contributed by atoms with E-state index < -0.39 is 0 Å². The van der Waals surface area contributed by atoms with Crippen LogP contribution in [0.25, 0.3) is 0 Å². The highest BCUT2D eigenvalue weighted by atomic mass is 16.5. The van der Waals surface area contributed by atoms with Gasteiger partial charge in [0.1, 0.15) is 11.5 Å². The maximum atomic E-state index is 13.2. The Labute approximate surface area is 173 Å². The lowest BCUT2D eigenvalue weighted by Crippen LogP contribution is -2.36. The lowest BCUT2D eigenvalue weighted by molar-refractivity contribution is -0.124. The zero-order chi connectivity index (χ0) is 20.4. The lowest BCUT2D eigenvalue weighted by atomic mass is 9.72. The Morgan fingerprint density at radius 1 is 1.07 bits per heavy atom. The average Bonchev–Trinajstić information content (AvgIpc) is 2.84. The van der Waals surface area contributed by atoms with Crippen LogP contribution in [0.2, 0.25) is 0 Å². The van der Waals surface area contributed by atoms with Gasteiger partial charge in [-0.1, -0.05) is 57.5 Å². The summed E-state index contributed by atoms with van der Waals surface area (Å²) < 4.78 is 5.81. The van der Waals surface area contributed by atoms with E-state index in [1.165, 1.54) is 0 Å². The number of carbonyl (C=O) groups is 1. The highest BCUT2D eigenvalue weighted by molar-refractivity contribution is 5.90. The Hall–Kier alpha value is -2.75. The maximum Gasteiger partial charge on any atom is 0.145 e. The molecule has 1 aliphatic heterocycles. The topological polar surface area (TPSA) is 50.4 Å². The van der Waals surface area contributed by atoms with Gasteiger partial charge in [-0.05, 0) is 41.7 Å². The molecule has 0 saturated heterocycles. The molecule has 1 aliphatic carbocycles. The van der Waals surface area contributed by atoms with E-state index in [1.807, 2.05) is 24.3 Å². The van der Waals surface area contributed by atoms with Crippen molar-refractivity contribution in [2.45, 2.75) is 46.1 Å². The fourth-order valence-electron chi connectivity index (χ4n) is 4.28. The minimum atomic E-state index is -0.234. The van der Waals surface area contributed by atoms with Crippen LogP contribution in [-0.2, 0) is 4.79 Å². The molecule has 2 atom stereocenters. The van der Waals surface area contributed by atoms with E-state index >= 15 is 0 Å². The highest BCUT2D eigenvalue weighted by Crippen LogP contribution is 2.45. The molecule has 152 valence electrons. The Kier molecular flexibility index (Phi) is 5.35. The molecule has 0 unspecified atom stereocenters. The van der Waals surface area contributed by atoms with Crippen LogP contribution in [0.1, 0.15) is 51.6 Å². The lowest BCUT2D eigenvalue weighted by Gasteiger charge is -2.35. The van der Waals surface area contributed by atoms with Gasteiger partial charge in [0.25, 0.3) is 0 Å². The summed E-state index contributed by atoms with van der Waals surface area (Å²) >= 11 is 0. The van der Waals surface area contributed by atoms with Crippen LogP contribution in [0.15, 0.2) is 60.3 Å². The molecule has 0 spiro atoms. The number of carbonyl (C=O) groups excluding carboxylic acids is 1. The number of fused-ring (bicyclic) bond motifs is 2. The maximum absolute atomic E-state index is 13.2. The number of hydrogen-bond acceptors (Lipinski definition) is 4. The van der Waals surface area contributed by atoms with Crippen LogP contribution in [0.5, 0.6) is 5.75 Å². The van der Waals surface area contributed by atoms with Crippen LogP contribution in [0.4, 0.5) is 11.4 Å². The molecule has 1 heterocycles. The van der Waals surface area contributed by atoms with Gasteiger partial charge in [0, 0.05) is 12.1 Å². The smallest absolute Gasteiger partial charge is 0.145 e. The number of ketones is 1. The predicted molar refractivity (Wildman–Crippen MR) is 118 cm³/mol. The normalized spacial score (nSPS) is 22.3. The van der Waals surface area contributed by atoms with E-state index in [9.17, 15) is 4.79 Å². The van der Waals surface area contributed by atoms with Gasteiger partial charge in [0.15, 0.2) is 0 Å². The molecular formula is C25H30N2O2. The van der Waals surface area contributed by atoms with E-state index in [0.29, 0.717) is 6.42 Å². The van der Waals surface area contributed by atoms with E-state index in [2.05, 4.69) is 61.7 Å². The number of nitrogens with one attached hydrogen (secondary N) is 2. The van der Waals surface area contributed by atoms with Crippen molar-refractivity contribution >= 4 is 17.2 Å². The summed E-state index contributed by atoms with van der Waals surface area (Å²) in [6, 6.07) is 16.2. The van der Waals surface area contributed by atoms with Crippen molar-refractivity contribution in [1.82, 2.24) is 0 Å². The first-order valence-electron chi connectivity index (χ1n) is 10.6. The quantitative estimate of drug-likeness (QED) is 0.620. The zero-order valence-electron chi connectivity index (χ0n) is 17.5. The summed E-state index contributed by atoms with van der Waals surface area (Å²) in [6.45, 7) is 7.14. The minimum absolute atomic E-state index is 0.120. The van der Waals surface area contributed by atoms with Gasteiger partial charge in [-0.15, -0.1) is 0 Å². The number of hydrogen-bond donors (Lipinski definition) is 2. The molecule has 2 N–H and O–H groups in total. The minimum Gasteiger partial charge on any atom is -0.494 e. The van der Waals surface area contributed by atoms with Gasteiger partial charge >= 0.3 is 0 Å². The standard InChI is InChI=1S/C25H30N2O2/c1-4-5-14-29-18-12-10-17(11-13-18)24-23-21(15-25(2,3)16-22(23)28)26-19-8-6-7-9-20(19)27-24/h6-13,15,23-24,26-27H,4-5,14,16H2,1-3H3/t23-,24-/m0/s1. The zero-order valence-corrected chi connectivity index (χ0v) is 17.5. The molecule has 0 fully saturated rings. The summed E-state index contributed by atoms with van der Waals surface area (Å²) in [6.07, 6.45) is 4.95. The first kappa shape index (κ1) is 19.6. The van der Waals surface area contributed by atoms with Gasteiger partial charge in [0.05, 0.1) is 29.9 Å². The number of ether oxygens (including phenoxy) is 1. The van der Waals surface area contributed by atoms with Crippen LogP contribution in [0.3, 0.4) is 0 Å². The molecule has 2 aromatic carbocycles. The molecule has 0 aromatic heterocycles. The Bertz CT molecular complexity index is 915. The molecule has 0 radical (unpaired) electrons. The molecule has 2 aromatic rings. The van der Waals surface area contributed by atoms with Gasteiger partial charge < -0.3 is 15.4 Å². The first-order valence-corrected chi connectivity index (χ1v) is 10.6. The number of unbranched alkanes of at least 4 members (excludes halogenated alkanes) is 1. The molecule has 0 bridgehead atoms. The summed E-state index contributed by atoms with van der Waals surface area (Å²) in [5.41, 5.74) is 3.97. The van der Waals surface area contributed by atoms with Crippen molar-refractivity contribution in [3.05, 3.63) is 65.9 Å². The second kappa shape index (κ2) is 7.94. The van der Waals surface area contributed by atoms with Crippen molar-refractivity contribution in [3.63, 3.8) is 0 Å². The third-order valence-corrected chi connectivity index (χ3v) is 5.71. The SMILES string of the molecule is CCCCOc1ccc([C@@H]2Nc3ccccc3NC3=CC(C)(C)CC(=O)[C@H]32)cc1. The molecule has 4 heteroatoms. The summed E-state index contributed by atoms with van der Waals surface area (Å²) in [5.74, 6) is 0.914. The highest BCUT2D eigenvalue weighted by Gasteiger charge is 2.41. The Morgan fingerprint density at radius 3 is 2.52 bits per heavy atom. The second-order valence-electron chi connectivity index (χ2n) is 8.77. The number of anilines is 2. The van der Waals surface area contributed by atoms with Gasteiger partial charge in [-0.2, -0.15) is 0 Å². The second-order valence-corrected chi connectivity index (χ2v) is 8.77.